The molecule has 0 saturated heterocycles. The van der Waals surface area contributed by atoms with Crippen molar-refractivity contribution in [3.05, 3.63) is 76.5 Å². The fourth-order valence-corrected chi connectivity index (χ4v) is 3.78. The van der Waals surface area contributed by atoms with E-state index in [0.717, 1.165) is 5.56 Å². The number of aromatic nitrogens is 4. The Morgan fingerprint density at radius 2 is 1.82 bits per heavy atom. The number of anilines is 1. The van der Waals surface area contributed by atoms with E-state index in [1.807, 2.05) is 0 Å². The number of nitrogens with zero attached hydrogens (tertiary/aromatic N) is 3. The highest BCUT2D eigenvalue weighted by Gasteiger charge is 2.18. The summed E-state index contributed by atoms with van der Waals surface area (Å²) in [4.78, 5) is 39.2. The fraction of sp³-hybridized carbons (Fsp3) is 0.100. The van der Waals surface area contributed by atoms with Gasteiger partial charge in [-0.15, -0.1) is 0 Å². The molecule has 170 valence electrons. The highest BCUT2D eigenvalue weighted by atomic mass is 35.5. The average molecular weight is 491 g/mol. The molecule has 5 N–H and O–H groups in total. The van der Waals surface area contributed by atoms with E-state index >= 15 is 0 Å². The highest BCUT2D eigenvalue weighted by Crippen LogP contribution is 2.32. The molecular weight excluding hydrogens is 474 g/mol. The van der Waals surface area contributed by atoms with Gasteiger partial charge in [0.2, 0.25) is 0 Å². The molecule has 2 aromatic heterocycles. The Kier molecular flexibility index (Phi) is 6.39. The summed E-state index contributed by atoms with van der Waals surface area (Å²) in [5.74, 6) is -0.642. The van der Waals surface area contributed by atoms with Crippen molar-refractivity contribution in [2.45, 2.75) is 13.1 Å². The predicted octanol–water partition coefficient (Wildman–Crippen LogP) is 2.49. The van der Waals surface area contributed by atoms with Gasteiger partial charge in [0.25, 0.3) is 5.91 Å². The lowest BCUT2D eigenvalue weighted by molar-refractivity contribution is 0.0947. The third kappa shape index (κ3) is 5.18. The molecule has 33 heavy (non-hydrogen) atoms. The van der Waals surface area contributed by atoms with Gasteiger partial charge in [-0.3, -0.25) is 14.5 Å². The highest BCUT2D eigenvalue weighted by molar-refractivity contribution is 7.60. The average Bonchev–Trinajstić information content (AvgIpc) is 3.21. The van der Waals surface area contributed by atoms with E-state index in [1.54, 1.807) is 12.1 Å². The second-order valence-corrected chi connectivity index (χ2v) is 9.02. The topological polar surface area (TPSA) is 153 Å². The molecule has 1 amide bonds. The number of nitrogens with one attached hydrogen (secondary N) is 3. The van der Waals surface area contributed by atoms with Gasteiger partial charge in [-0.2, -0.15) is 5.10 Å². The SMILES string of the molecule is O=C(NCc1ccc(F)c(Cl)c1)c1ncnc2c(NCc3ccc(P(=O)(O)O)cc3)n[nH]c12. The van der Waals surface area contributed by atoms with Crippen LogP contribution in [-0.2, 0) is 17.7 Å². The Morgan fingerprint density at radius 3 is 2.52 bits per heavy atom. The first-order valence-corrected chi connectivity index (χ1v) is 11.5. The largest absolute Gasteiger partial charge is 0.363 e. The first kappa shape index (κ1) is 22.8. The number of carbonyl (C=O) groups is 1. The summed E-state index contributed by atoms with van der Waals surface area (Å²) in [5.41, 5.74) is 2.18. The van der Waals surface area contributed by atoms with Gasteiger partial charge in [-0.1, -0.05) is 29.8 Å². The van der Waals surface area contributed by atoms with E-state index in [-0.39, 0.29) is 22.6 Å². The number of halogens is 2. The molecule has 0 saturated carbocycles. The lowest BCUT2D eigenvalue weighted by atomic mass is 10.2. The van der Waals surface area contributed by atoms with E-state index in [2.05, 4.69) is 30.8 Å². The molecular formula is C20H17ClFN6O4P. The monoisotopic (exact) mass is 490 g/mol. The summed E-state index contributed by atoms with van der Waals surface area (Å²) in [7, 11) is -4.30. The Balaban J connectivity index is 1.46. The number of amides is 1. The molecule has 0 bridgehead atoms. The molecule has 0 unspecified atom stereocenters. The number of rotatable bonds is 7. The summed E-state index contributed by atoms with van der Waals surface area (Å²) in [6.07, 6.45) is 1.24. The van der Waals surface area contributed by atoms with E-state index in [9.17, 15) is 23.5 Å². The maximum atomic E-state index is 13.3. The van der Waals surface area contributed by atoms with Crippen molar-refractivity contribution in [1.82, 2.24) is 25.5 Å². The van der Waals surface area contributed by atoms with E-state index in [1.165, 1.54) is 36.7 Å². The van der Waals surface area contributed by atoms with Crippen LogP contribution in [0.15, 0.2) is 48.8 Å². The smallest absolute Gasteiger partial charge is 0.356 e. The zero-order chi connectivity index (χ0) is 23.6. The molecule has 2 heterocycles. The Bertz CT molecular complexity index is 1380. The maximum Gasteiger partial charge on any atom is 0.356 e. The van der Waals surface area contributed by atoms with Crippen LogP contribution in [0.2, 0.25) is 5.02 Å². The summed E-state index contributed by atoms with van der Waals surface area (Å²) < 4.78 is 24.6. The molecule has 4 aromatic rings. The molecule has 0 fully saturated rings. The lowest BCUT2D eigenvalue weighted by Crippen LogP contribution is -2.24. The van der Waals surface area contributed by atoms with Crippen molar-refractivity contribution >= 4 is 47.3 Å². The van der Waals surface area contributed by atoms with E-state index in [0.29, 0.717) is 29.0 Å². The number of hydrogen-bond donors (Lipinski definition) is 5. The summed E-state index contributed by atoms with van der Waals surface area (Å²) >= 11 is 5.77. The Morgan fingerprint density at radius 1 is 1.09 bits per heavy atom. The van der Waals surface area contributed by atoms with Gasteiger partial charge in [-0.25, -0.2) is 14.4 Å². The first-order chi connectivity index (χ1) is 15.7. The fourth-order valence-electron chi connectivity index (χ4n) is 3.04. The standard InChI is InChI=1S/C20H17ClFN6O4P/c21-14-7-12(3-6-15(14)22)9-24-20(29)18-16-17(25-10-26-18)19(28-27-16)23-8-11-1-4-13(5-2-11)33(30,31)32/h1-7,10H,8-9H2,(H,24,29)(H2,23,27,28)(H2,30,31,32). The van der Waals surface area contributed by atoms with Crippen LogP contribution in [0.25, 0.3) is 11.0 Å². The van der Waals surface area contributed by atoms with Gasteiger partial charge in [0, 0.05) is 13.1 Å². The molecule has 13 heteroatoms. The van der Waals surface area contributed by atoms with Crippen molar-refractivity contribution in [2.24, 2.45) is 0 Å². The van der Waals surface area contributed by atoms with Crippen molar-refractivity contribution in [1.29, 1.82) is 0 Å². The number of H-pyrrole nitrogens is 1. The number of fused-ring (bicyclic) bond motifs is 1. The van der Waals surface area contributed by atoms with Gasteiger partial charge in [0.05, 0.1) is 10.3 Å². The van der Waals surface area contributed by atoms with Crippen LogP contribution in [0.4, 0.5) is 10.2 Å². The molecule has 4 rings (SSSR count). The van der Waals surface area contributed by atoms with Crippen LogP contribution in [0.5, 0.6) is 0 Å². The normalized spacial score (nSPS) is 11.5. The summed E-state index contributed by atoms with van der Waals surface area (Å²) in [5, 5.41) is 12.6. The van der Waals surface area contributed by atoms with Gasteiger partial charge >= 0.3 is 7.60 Å². The molecule has 0 spiro atoms. The quantitative estimate of drug-likeness (QED) is 0.248. The maximum absolute atomic E-state index is 13.3. The molecule has 0 aliphatic carbocycles. The van der Waals surface area contributed by atoms with Crippen LogP contribution in [0.3, 0.4) is 0 Å². The Labute approximate surface area is 191 Å². The van der Waals surface area contributed by atoms with E-state index in [4.69, 9.17) is 11.6 Å². The lowest BCUT2D eigenvalue weighted by Gasteiger charge is -2.07. The van der Waals surface area contributed by atoms with Crippen LogP contribution in [-0.4, -0.2) is 35.9 Å². The van der Waals surface area contributed by atoms with Gasteiger partial charge < -0.3 is 20.4 Å². The number of aromatic amines is 1. The van der Waals surface area contributed by atoms with Gasteiger partial charge in [-0.05, 0) is 35.4 Å². The van der Waals surface area contributed by atoms with E-state index < -0.39 is 19.3 Å². The first-order valence-electron chi connectivity index (χ1n) is 9.52. The second-order valence-electron chi connectivity index (χ2n) is 7.01. The van der Waals surface area contributed by atoms with Gasteiger partial charge in [0.1, 0.15) is 23.2 Å². The van der Waals surface area contributed by atoms with Crippen molar-refractivity contribution < 1.29 is 23.5 Å². The van der Waals surface area contributed by atoms with Crippen molar-refractivity contribution in [2.75, 3.05) is 5.32 Å². The van der Waals surface area contributed by atoms with Crippen molar-refractivity contribution in [3.63, 3.8) is 0 Å². The van der Waals surface area contributed by atoms with Crippen LogP contribution in [0.1, 0.15) is 21.6 Å². The summed E-state index contributed by atoms with van der Waals surface area (Å²) in [6.45, 7) is 0.423. The molecule has 0 aliphatic heterocycles. The summed E-state index contributed by atoms with van der Waals surface area (Å²) in [6, 6.07) is 10.1. The van der Waals surface area contributed by atoms with Crippen molar-refractivity contribution in [3.8, 4) is 0 Å². The predicted molar refractivity (Wildman–Crippen MR) is 120 cm³/mol. The second kappa shape index (κ2) is 9.24. The zero-order valence-electron chi connectivity index (χ0n) is 16.8. The third-order valence-electron chi connectivity index (χ3n) is 4.74. The minimum atomic E-state index is -4.30. The third-order valence-corrected chi connectivity index (χ3v) is 6.00. The van der Waals surface area contributed by atoms with Gasteiger partial charge in [0.15, 0.2) is 11.5 Å². The molecule has 10 nitrogen and oxygen atoms in total. The molecule has 0 radical (unpaired) electrons. The number of hydrogen-bond acceptors (Lipinski definition) is 6. The minimum Gasteiger partial charge on any atom is -0.363 e. The molecule has 0 atom stereocenters. The Hall–Kier alpha value is -3.37. The molecule has 2 aromatic carbocycles. The number of benzene rings is 2. The zero-order valence-corrected chi connectivity index (χ0v) is 18.4. The molecule has 0 aliphatic rings. The number of carbonyl (C=O) groups excluding carboxylic acids is 1. The van der Waals surface area contributed by atoms with Crippen LogP contribution >= 0.6 is 19.2 Å². The van der Waals surface area contributed by atoms with Crippen LogP contribution < -0.4 is 15.9 Å². The van der Waals surface area contributed by atoms with Crippen LogP contribution in [0, 0.1) is 5.82 Å². The minimum absolute atomic E-state index is 0.0353.